The molecule has 2 aliphatic rings. The average molecular weight is 636 g/mol. The lowest BCUT2D eigenvalue weighted by atomic mass is 9.81. The number of nitrogens with zero attached hydrogens (tertiary/aromatic N) is 1. The van der Waals surface area contributed by atoms with Crippen LogP contribution in [0.5, 0.6) is 0 Å². The van der Waals surface area contributed by atoms with Crippen LogP contribution in [0.1, 0.15) is 53.6 Å². The first kappa shape index (κ1) is 31.9. The molecule has 244 valence electrons. The molecular weight excluding hydrogens is 594 g/mol. The Hall–Kier alpha value is -5.03. The number of rotatable bonds is 10. The van der Waals surface area contributed by atoms with Crippen LogP contribution >= 0.6 is 0 Å². The van der Waals surface area contributed by atoms with E-state index in [-0.39, 0.29) is 29.5 Å². The highest BCUT2D eigenvalue weighted by atomic mass is 16.2. The summed E-state index contributed by atoms with van der Waals surface area (Å²) in [6.45, 7) is 3.14. The monoisotopic (exact) mass is 635 g/mol. The SMILES string of the molecule is Cc1cc(C(=O)N[C@@H]2CCNC2=O)ccc1-c1ccc(C[C@H](NC(=O)C2CCC(CN)CC2)C(=O)Nc2ccc3cn[nH]c3c2)cc1. The molecule has 7 N–H and O–H groups in total. The lowest BCUT2D eigenvalue weighted by molar-refractivity contribution is -0.130. The molecule has 4 amide bonds. The van der Waals surface area contributed by atoms with Gasteiger partial charge in [-0.05, 0) is 104 Å². The highest BCUT2D eigenvalue weighted by molar-refractivity contribution is 6.00. The van der Waals surface area contributed by atoms with E-state index in [0.717, 1.165) is 58.8 Å². The molecular formula is C36H41N7O4. The summed E-state index contributed by atoms with van der Waals surface area (Å²) in [5.41, 5.74) is 11.5. The smallest absolute Gasteiger partial charge is 0.251 e. The summed E-state index contributed by atoms with van der Waals surface area (Å²) in [7, 11) is 0. The van der Waals surface area contributed by atoms with Crippen LogP contribution < -0.4 is 27.0 Å². The van der Waals surface area contributed by atoms with E-state index in [9.17, 15) is 19.2 Å². The minimum Gasteiger partial charge on any atom is -0.354 e. The van der Waals surface area contributed by atoms with Crippen molar-refractivity contribution in [2.75, 3.05) is 18.4 Å². The molecule has 2 atom stereocenters. The third kappa shape index (κ3) is 7.52. The van der Waals surface area contributed by atoms with E-state index in [1.54, 1.807) is 12.3 Å². The second-order valence-corrected chi connectivity index (χ2v) is 12.7. The van der Waals surface area contributed by atoms with Gasteiger partial charge in [0.2, 0.25) is 17.7 Å². The second-order valence-electron chi connectivity index (χ2n) is 12.7. The number of carbonyl (C=O) groups excluding carboxylic acids is 4. The second kappa shape index (κ2) is 14.2. The molecule has 0 bridgehead atoms. The number of benzene rings is 3. The third-order valence-corrected chi connectivity index (χ3v) is 9.44. The number of nitrogens with one attached hydrogen (secondary N) is 5. The minimum atomic E-state index is -0.778. The Morgan fingerprint density at radius 2 is 1.77 bits per heavy atom. The molecule has 4 aromatic rings. The van der Waals surface area contributed by atoms with Crippen molar-refractivity contribution in [3.63, 3.8) is 0 Å². The molecule has 11 nitrogen and oxygen atoms in total. The summed E-state index contributed by atoms with van der Waals surface area (Å²) < 4.78 is 0. The van der Waals surface area contributed by atoms with Crippen LogP contribution in [0, 0.1) is 18.8 Å². The van der Waals surface area contributed by atoms with E-state index >= 15 is 0 Å². The number of H-pyrrole nitrogens is 1. The predicted octanol–water partition coefficient (Wildman–Crippen LogP) is 3.59. The zero-order chi connectivity index (χ0) is 32.9. The van der Waals surface area contributed by atoms with Gasteiger partial charge >= 0.3 is 0 Å². The van der Waals surface area contributed by atoms with Crippen molar-refractivity contribution >= 4 is 40.2 Å². The van der Waals surface area contributed by atoms with Gasteiger partial charge in [0, 0.05) is 35.5 Å². The number of fused-ring (bicyclic) bond motifs is 1. The standard InChI is InChI=1S/C36H41N7O4/c1-21-16-26(34(45)41-30-14-15-38-35(30)46)11-13-29(21)24-6-2-22(3-7-24)17-32(42-33(44)25-8-4-23(19-37)5-9-25)36(47)40-28-12-10-27-20-39-43-31(27)18-28/h2-3,6-7,10-13,16,18,20,23,25,30,32H,4-5,8-9,14-15,17,19,37H2,1H3,(H,38,46)(H,39,43)(H,40,47)(H,41,45)(H,42,44)/t23?,25?,30-,32+/m1/s1. The normalized spacial score (nSPS) is 20.0. The Labute approximate surface area is 273 Å². The van der Waals surface area contributed by atoms with E-state index < -0.39 is 12.1 Å². The number of anilines is 1. The Morgan fingerprint density at radius 1 is 0.979 bits per heavy atom. The zero-order valence-electron chi connectivity index (χ0n) is 26.5. The molecule has 1 aliphatic carbocycles. The fourth-order valence-electron chi connectivity index (χ4n) is 6.56. The summed E-state index contributed by atoms with van der Waals surface area (Å²) in [5.74, 6) is -0.519. The highest BCUT2D eigenvalue weighted by Crippen LogP contribution is 2.29. The zero-order valence-corrected chi connectivity index (χ0v) is 26.5. The van der Waals surface area contributed by atoms with Gasteiger partial charge in [-0.25, -0.2) is 0 Å². The maximum Gasteiger partial charge on any atom is 0.251 e. The summed E-state index contributed by atoms with van der Waals surface area (Å²) >= 11 is 0. The largest absolute Gasteiger partial charge is 0.354 e. The molecule has 1 aromatic heterocycles. The lowest BCUT2D eigenvalue weighted by Crippen LogP contribution is -2.48. The van der Waals surface area contributed by atoms with Gasteiger partial charge in [-0.1, -0.05) is 30.3 Å². The molecule has 0 unspecified atom stereocenters. The van der Waals surface area contributed by atoms with E-state index in [1.165, 1.54) is 0 Å². The number of aromatic amines is 1. The van der Waals surface area contributed by atoms with Crippen molar-refractivity contribution in [1.29, 1.82) is 0 Å². The Bertz CT molecular complexity index is 1780. The van der Waals surface area contributed by atoms with Gasteiger partial charge in [-0.3, -0.25) is 24.3 Å². The van der Waals surface area contributed by atoms with Crippen LogP contribution in [-0.4, -0.2) is 59.0 Å². The van der Waals surface area contributed by atoms with Crippen LogP contribution in [0.15, 0.2) is 66.9 Å². The van der Waals surface area contributed by atoms with Gasteiger partial charge in [-0.15, -0.1) is 0 Å². The van der Waals surface area contributed by atoms with Crippen LogP contribution in [-0.2, 0) is 20.8 Å². The van der Waals surface area contributed by atoms with E-state index in [0.29, 0.717) is 43.1 Å². The first-order valence-corrected chi connectivity index (χ1v) is 16.3. The highest BCUT2D eigenvalue weighted by Gasteiger charge is 2.30. The number of carbonyl (C=O) groups is 4. The Kier molecular flexibility index (Phi) is 9.63. The molecule has 11 heteroatoms. The topological polar surface area (TPSA) is 171 Å². The molecule has 6 rings (SSSR count). The van der Waals surface area contributed by atoms with Crippen molar-refractivity contribution < 1.29 is 19.2 Å². The molecule has 2 heterocycles. The Morgan fingerprint density at radius 3 is 2.47 bits per heavy atom. The van der Waals surface area contributed by atoms with Crippen LogP contribution in [0.4, 0.5) is 5.69 Å². The van der Waals surface area contributed by atoms with Crippen LogP contribution in [0.2, 0.25) is 0 Å². The number of amides is 4. The summed E-state index contributed by atoms with van der Waals surface area (Å²) in [5, 5.41) is 19.5. The maximum atomic E-state index is 13.6. The van der Waals surface area contributed by atoms with Crippen molar-refractivity contribution in [3.05, 3.63) is 83.6 Å². The average Bonchev–Trinajstić information content (AvgIpc) is 3.72. The third-order valence-electron chi connectivity index (χ3n) is 9.44. The van der Waals surface area contributed by atoms with Crippen LogP contribution in [0.3, 0.4) is 0 Å². The summed E-state index contributed by atoms with van der Waals surface area (Å²) in [6, 6.07) is 17.6. The molecule has 47 heavy (non-hydrogen) atoms. The fourth-order valence-corrected chi connectivity index (χ4v) is 6.56. The molecule has 1 saturated heterocycles. The number of nitrogens with two attached hydrogens (primary N) is 1. The minimum absolute atomic E-state index is 0.102. The molecule has 2 fully saturated rings. The van der Waals surface area contributed by atoms with Crippen molar-refractivity contribution in [2.24, 2.45) is 17.6 Å². The molecule has 0 spiro atoms. The first-order valence-electron chi connectivity index (χ1n) is 16.3. The van der Waals surface area contributed by atoms with Gasteiger partial charge in [0.25, 0.3) is 5.91 Å². The van der Waals surface area contributed by atoms with Crippen molar-refractivity contribution in [2.45, 2.75) is 57.5 Å². The van der Waals surface area contributed by atoms with E-state index in [1.807, 2.05) is 61.5 Å². The van der Waals surface area contributed by atoms with E-state index in [4.69, 9.17) is 5.73 Å². The van der Waals surface area contributed by atoms with Crippen LogP contribution in [0.25, 0.3) is 22.0 Å². The number of aryl methyl sites for hydroxylation is 1. The predicted molar refractivity (Wildman–Crippen MR) is 180 cm³/mol. The molecule has 0 radical (unpaired) electrons. The van der Waals surface area contributed by atoms with Gasteiger partial charge in [0.1, 0.15) is 12.1 Å². The van der Waals surface area contributed by atoms with Gasteiger partial charge < -0.3 is 27.0 Å². The first-order chi connectivity index (χ1) is 22.8. The Balaban J connectivity index is 1.15. The van der Waals surface area contributed by atoms with E-state index in [2.05, 4.69) is 31.5 Å². The molecule has 3 aromatic carbocycles. The summed E-state index contributed by atoms with van der Waals surface area (Å²) in [6.07, 6.45) is 5.98. The van der Waals surface area contributed by atoms with Gasteiger partial charge in [0.15, 0.2) is 0 Å². The van der Waals surface area contributed by atoms with Crippen molar-refractivity contribution in [1.82, 2.24) is 26.1 Å². The fraction of sp³-hybridized carbons (Fsp3) is 0.361. The lowest BCUT2D eigenvalue weighted by Gasteiger charge is -2.28. The number of hydrogen-bond acceptors (Lipinski definition) is 6. The number of aromatic nitrogens is 2. The van der Waals surface area contributed by atoms with Gasteiger partial charge in [-0.2, -0.15) is 5.10 Å². The quantitative estimate of drug-likeness (QED) is 0.156. The van der Waals surface area contributed by atoms with Gasteiger partial charge in [0.05, 0.1) is 11.7 Å². The molecule has 1 saturated carbocycles. The van der Waals surface area contributed by atoms with Crippen molar-refractivity contribution in [3.8, 4) is 11.1 Å². The number of hydrogen-bond donors (Lipinski definition) is 6. The molecule has 1 aliphatic heterocycles. The summed E-state index contributed by atoms with van der Waals surface area (Å²) in [4.78, 5) is 51.6. The maximum absolute atomic E-state index is 13.6.